The molecule has 3 heteroatoms. The summed E-state index contributed by atoms with van der Waals surface area (Å²) in [5.41, 5.74) is 0. The van der Waals surface area contributed by atoms with Crippen molar-refractivity contribution in [1.82, 2.24) is 5.32 Å². The second-order valence-electron chi connectivity index (χ2n) is 3.70. The lowest BCUT2D eigenvalue weighted by Gasteiger charge is -2.23. The first-order valence-electron chi connectivity index (χ1n) is 5.28. The summed E-state index contributed by atoms with van der Waals surface area (Å²) in [6.45, 7) is 2.92. The number of thiophene rings is 1. The molecule has 0 spiro atoms. The van der Waals surface area contributed by atoms with Crippen molar-refractivity contribution in [2.45, 2.75) is 25.3 Å². The van der Waals surface area contributed by atoms with Crippen LogP contribution in [-0.2, 0) is 11.2 Å². The van der Waals surface area contributed by atoms with Gasteiger partial charge in [0.1, 0.15) is 0 Å². The zero-order valence-electron chi connectivity index (χ0n) is 8.37. The Balaban J connectivity index is 1.62. The molecule has 2 rings (SSSR count). The highest BCUT2D eigenvalue weighted by Crippen LogP contribution is 2.09. The average molecular weight is 211 g/mol. The van der Waals surface area contributed by atoms with Crippen LogP contribution in [0.5, 0.6) is 0 Å². The van der Waals surface area contributed by atoms with E-state index in [-0.39, 0.29) is 0 Å². The fourth-order valence-electron chi connectivity index (χ4n) is 1.76. The molecule has 0 saturated carbocycles. The second kappa shape index (κ2) is 5.49. The van der Waals surface area contributed by atoms with Crippen LogP contribution in [0.1, 0.15) is 17.7 Å². The lowest BCUT2D eigenvalue weighted by Crippen LogP contribution is -2.37. The molecule has 78 valence electrons. The van der Waals surface area contributed by atoms with Gasteiger partial charge in [-0.25, -0.2) is 0 Å². The third-order valence-corrected chi connectivity index (χ3v) is 3.48. The highest BCUT2D eigenvalue weighted by molar-refractivity contribution is 7.09. The molecule has 0 amide bonds. The largest absolute Gasteiger partial charge is 0.380 e. The lowest BCUT2D eigenvalue weighted by molar-refractivity contribution is 0.0707. The maximum atomic E-state index is 5.41. The van der Waals surface area contributed by atoms with Crippen molar-refractivity contribution in [2.24, 2.45) is 0 Å². The van der Waals surface area contributed by atoms with E-state index in [9.17, 15) is 0 Å². The van der Waals surface area contributed by atoms with Crippen LogP contribution in [0, 0.1) is 0 Å². The summed E-state index contributed by atoms with van der Waals surface area (Å²) in [5.74, 6) is 0. The van der Waals surface area contributed by atoms with Gasteiger partial charge in [-0.1, -0.05) is 6.07 Å². The van der Waals surface area contributed by atoms with Crippen LogP contribution in [-0.4, -0.2) is 25.8 Å². The molecule has 0 aliphatic carbocycles. The molecule has 2 nitrogen and oxygen atoms in total. The summed E-state index contributed by atoms with van der Waals surface area (Å²) in [4.78, 5) is 1.47. The summed E-state index contributed by atoms with van der Waals surface area (Å²) in [6, 6.07) is 4.90. The Bertz CT molecular complexity index is 242. The molecule has 1 fully saturated rings. The smallest absolute Gasteiger partial charge is 0.0619 e. The summed E-state index contributed by atoms with van der Waals surface area (Å²) in [7, 11) is 0. The van der Waals surface area contributed by atoms with Gasteiger partial charge in [-0.3, -0.25) is 0 Å². The Hall–Kier alpha value is -0.380. The molecule has 2 heterocycles. The minimum Gasteiger partial charge on any atom is -0.380 e. The molecule has 1 N–H and O–H groups in total. The van der Waals surface area contributed by atoms with Crippen LogP contribution < -0.4 is 5.32 Å². The maximum absolute atomic E-state index is 5.41. The minimum atomic E-state index is 0.587. The van der Waals surface area contributed by atoms with Crippen LogP contribution >= 0.6 is 11.3 Å². The van der Waals surface area contributed by atoms with E-state index in [1.54, 1.807) is 0 Å². The van der Waals surface area contributed by atoms with E-state index in [1.165, 1.54) is 17.7 Å². The summed E-state index contributed by atoms with van der Waals surface area (Å²) >= 11 is 1.84. The lowest BCUT2D eigenvalue weighted by atomic mass is 10.1. The summed E-state index contributed by atoms with van der Waals surface area (Å²) in [5, 5.41) is 5.68. The van der Waals surface area contributed by atoms with Gasteiger partial charge in [-0.2, -0.15) is 0 Å². The molecular weight excluding hydrogens is 194 g/mol. The van der Waals surface area contributed by atoms with Crippen LogP contribution in [0.2, 0.25) is 0 Å². The van der Waals surface area contributed by atoms with Crippen LogP contribution in [0.3, 0.4) is 0 Å². The molecule has 0 bridgehead atoms. The monoisotopic (exact) mass is 211 g/mol. The molecule has 0 radical (unpaired) electrons. The van der Waals surface area contributed by atoms with E-state index in [0.717, 1.165) is 26.2 Å². The maximum Gasteiger partial charge on any atom is 0.0619 e. The number of rotatable bonds is 4. The normalized spacial score (nSPS) is 22.4. The Morgan fingerprint density at radius 3 is 3.29 bits per heavy atom. The van der Waals surface area contributed by atoms with E-state index >= 15 is 0 Å². The first kappa shape index (κ1) is 10.1. The Labute approximate surface area is 89.3 Å². The number of hydrogen-bond acceptors (Lipinski definition) is 3. The van der Waals surface area contributed by atoms with Crippen molar-refractivity contribution in [1.29, 1.82) is 0 Å². The van der Waals surface area contributed by atoms with Gasteiger partial charge in [0.25, 0.3) is 0 Å². The van der Waals surface area contributed by atoms with E-state index in [4.69, 9.17) is 4.74 Å². The molecule has 1 aliphatic heterocycles. The van der Waals surface area contributed by atoms with Gasteiger partial charge in [-0.05, 0) is 30.7 Å². The van der Waals surface area contributed by atoms with E-state index < -0.39 is 0 Å². The summed E-state index contributed by atoms with van der Waals surface area (Å²) in [6.07, 6.45) is 3.62. The van der Waals surface area contributed by atoms with Crippen LogP contribution in [0.15, 0.2) is 17.5 Å². The molecule has 1 saturated heterocycles. The van der Waals surface area contributed by atoms with Gasteiger partial charge < -0.3 is 10.1 Å². The fraction of sp³-hybridized carbons (Fsp3) is 0.636. The molecule has 1 aliphatic rings. The van der Waals surface area contributed by atoms with Gasteiger partial charge in [0.15, 0.2) is 0 Å². The van der Waals surface area contributed by atoms with Gasteiger partial charge >= 0.3 is 0 Å². The van der Waals surface area contributed by atoms with Crippen molar-refractivity contribution < 1.29 is 4.74 Å². The minimum absolute atomic E-state index is 0.587. The Morgan fingerprint density at radius 2 is 2.57 bits per heavy atom. The van der Waals surface area contributed by atoms with E-state index in [2.05, 4.69) is 22.8 Å². The van der Waals surface area contributed by atoms with E-state index in [1.807, 2.05) is 11.3 Å². The summed E-state index contributed by atoms with van der Waals surface area (Å²) < 4.78 is 5.41. The molecule has 1 unspecified atom stereocenters. The van der Waals surface area contributed by atoms with Crippen molar-refractivity contribution in [3.63, 3.8) is 0 Å². The molecular formula is C11H17NOS. The Kier molecular flexibility index (Phi) is 3.98. The van der Waals surface area contributed by atoms with Crippen molar-refractivity contribution in [2.75, 3.05) is 19.8 Å². The molecule has 1 aromatic rings. The van der Waals surface area contributed by atoms with Gasteiger partial charge in [0.2, 0.25) is 0 Å². The number of nitrogens with one attached hydrogen (secondary N) is 1. The van der Waals surface area contributed by atoms with Crippen molar-refractivity contribution in [3.8, 4) is 0 Å². The highest BCUT2D eigenvalue weighted by atomic mass is 32.1. The third kappa shape index (κ3) is 3.08. The Morgan fingerprint density at radius 1 is 1.57 bits per heavy atom. The third-order valence-electron chi connectivity index (χ3n) is 2.54. The predicted octanol–water partition coefficient (Wildman–Crippen LogP) is 2.06. The number of hydrogen-bond donors (Lipinski definition) is 1. The highest BCUT2D eigenvalue weighted by Gasteiger charge is 2.12. The topological polar surface area (TPSA) is 21.3 Å². The predicted molar refractivity (Wildman–Crippen MR) is 59.9 cm³/mol. The zero-order valence-corrected chi connectivity index (χ0v) is 9.19. The standard InChI is InChI=1S/C11H17NOS/c1-3-10(9-13-7-1)12-6-5-11-4-2-8-14-11/h2,4,8,10,12H,1,3,5-7,9H2. The first-order chi connectivity index (χ1) is 6.95. The molecule has 1 atom stereocenters. The zero-order chi connectivity index (χ0) is 9.64. The number of ether oxygens (including phenoxy) is 1. The van der Waals surface area contributed by atoms with Crippen molar-refractivity contribution >= 4 is 11.3 Å². The molecule has 1 aromatic heterocycles. The molecule has 0 aromatic carbocycles. The fourth-order valence-corrected chi connectivity index (χ4v) is 2.47. The second-order valence-corrected chi connectivity index (χ2v) is 4.73. The van der Waals surface area contributed by atoms with Gasteiger partial charge in [-0.15, -0.1) is 11.3 Å². The van der Waals surface area contributed by atoms with E-state index in [0.29, 0.717) is 6.04 Å². The van der Waals surface area contributed by atoms with Crippen LogP contribution in [0.4, 0.5) is 0 Å². The molecule has 14 heavy (non-hydrogen) atoms. The van der Waals surface area contributed by atoms with Crippen molar-refractivity contribution in [3.05, 3.63) is 22.4 Å². The quantitative estimate of drug-likeness (QED) is 0.823. The van der Waals surface area contributed by atoms with Crippen LogP contribution in [0.25, 0.3) is 0 Å². The SMILES string of the molecule is c1csc(CCNC2CCCOC2)c1. The average Bonchev–Trinajstić information content (AvgIpc) is 2.72. The van der Waals surface area contributed by atoms with Gasteiger partial charge in [0, 0.05) is 24.1 Å². The van der Waals surface area contributed by atoms with Gasteiger partial charge in [0.05, 0.1) is 6.61 Å². The first-order valence-corrected chi connectivity index (χ1v) is 6.16.